The van der Waals surface area contributed by atoms with Crippen LogP contribution in [0.4, 0.5) is 0 Å². The Morgan fingerprint density at radius 2 is 2.33 bits per heavy atom. The van der Waals surface area contributed by atoms with Crippen LogP contribution in [-0.2, 0) is 11.2 Å². The van der Waals surface area contributed by atoms with Crippen LogP contribution in [0.5, 0.6) is 0 Å². The molecule has 1 rings (SSSR count). The Bertz CT molecular complexity index is 395. The summed E-state index contributed by atoms with van der Waals surface area (Å²) in [7, 11) is 0. The molecule has 1 atom stereocenters. The van der Waals surface area contributed by atoms with Crippen molar-refractivity contribution in [3.8, 4) is 0 Å². The molecule has 1 aromatic heterocycles. The molecule has 0 saturated heterocycles. The molecule has 0 fully saturated rings. The second-order valence-corrected chi connectivity index (χ2v) is 3.63. The van der Waals surface area contributed by atoms with Crippen LogP contribution < -0.4 is 5.32 Å². The summed E-state index contributed by atoms with van der Waals surface area (Å²) in [4.78, 5) is 11.6. The number of nitrogens with one attached hydrogen (secondary N) is 2. The quantitative estimate of drug-likeness (QED) is 0.761. The minimum Gasteiger partial charge on any atom is -0.355 e. The van der Waals surface area contributed by atoms with Gasteiger partial charge < -0.3 is 5.32 Å². The zero-order chi connectivity index (χ0) is 11.4. The van der Waals surface area contributed by atoms with Crippen molar-refractivity contribution in [3.63, 3.8) is 0 Å². The van der Waals surface area contributed by atoms with Gasteiger partial charge in [-0.1, -0.05) is 6.92 Å². The van der Waals surface area contributed by atoms with Gasteiger partial charge >= 0.3 is 0 Å². The van der Waals surface area contributed by atoms with Gasteiger partial charge in [-0.25, -0.2) is 0 Å². The molecule has 15 heavy (non-hydrogen) atoms. The van der Waals surface area contributed by atoms with E-state index in [2.05, 4.69) is 15.5 Å². The molecule has 1 aromatic rings. The van der Waals surface area contributed by atoms with E-state index in [-0.39, 0.29) is 11.9 Å². The minimum atomic E-state index is -0.314. The number of H-pyrrole nitrogens is 1. The van der Waals surface area contributed by atoms with Crippen molar-refractivity contribution in [2.24, 2.45) is 0 Å². The summed E-state index contributed by atoms with van der Waals surface area (Å²) >= 11 is 5.08. The summed E-state index contributed by atoms with van der Waals surface area (Å²) in [5, 5.41) is 9.53. The zero-order valence-corrected chi connectivity index (χ0v) is 10.0. The number of amides is 1. The minimum absolute atomic E-state index is 0.0373. The van der Waals surface area contributed by atoms with Crippen LogP contribution in [0.2, 0.25) is 0 Å². The van der Waals surface area contributed by atoms with Crippen molar-refractivity contribution in [1.29, 1.82) is 0 Å². The van der Waals surface area contributed by atoms with Crippen LogP contribution >= 0.6 is 12.2 Å². The predicted molar refractivity (Wildman–Crippen MR) is 60.2 cm³/mol. The van der Waals surface area contributed by atoms with Gasteiger partial charge in [-0.3, -0.25) is 14.5 Å². The van der Waals surface area contributed by atoms with Gasteiger partial charge in [0.25, 0.3) is 0 Å². The topological polar surface area (TPSA) is 62.7 Å². The SMILES string of the molecule is CCNC(=O)C(C)n1c(CC)n[nH]c1=S. The maximum atomic E-state index is 11.6. The number of nitrogens with zero attached hydrogens (tertiary/aromatic N) is 2. The molecule has 0 radical (unpaired) electrons. The summed E-state index contributed by atoms with van der Waals surface area (Å²) in [5.74, 6) is 0.767. The van der Waals surface area contributed by atoms with Gasteiger partial charge in [0, 0.05) is 13.0 Å². The molecule has 0 aliphatic carbocycles. The summed E-state index contributed by atoms with van der Waals surface area (Å²) in [6.45, 7) is 6.30. The van der Waals surface area contributed by atoms with Crippen LogP contribution in [0, 0.1) is 4.77 Å². The molecular formula is C9H16N4OS. The number of aromatic amines is 1. The number of likely N-dealkylation sites (N-methyl/N-ethyl adjacent to an activating group) is 1. The van der Waals surface area contributed by atoms with E-state index < -0.39 is 0 Å². The highest BCUT2D eigenvalue weighted by Gasteiger charge is 2.17. The van der Waals surface area contributed by atoms with Crippen molar-refractivity contribution in [3.05, 3.63) is 10.6 Å². The highest BCUT2D eigenvalue weighted by atomic mass is 32.1. The van der Waals surface area contributed by atoms with E-state index in [4.69, 9.17) is 12.2 Å². The van der Waals surface area contributed by atoms with Crippen LogP contribution in [0.15, 0.2) is 0 Å². The second-order valence-electron chi connectivity index (χ2n) is 3.24. The van der Waals surface area contributed by atoms with Gasteiger partial charge in [-0.05, 0) is 26.1 Å². The van der Waals surface area contributed by atoms with Crippen molar-refractivity contribution in [2.45, 2.75) is 33.2 Å². The summed E-state index contributed by atoms with van der Waals surface area (Å²) < 4.78 is 2.24. The molecule has 1 unspecified atom stereocenters. The van der Waals surface area contributed by atoms with Gasteiger partial charge in [0.1, 0.15) is 11.9 Å². The summed E-state index contributed by atoms with van der Waals surface area (Å²) in [5.41, 5.74) is 0. The van der Waals surface area contributed by atoms with Gasteiger partial charge in [0.05, 0.1) is 0 Å². The van der Waals surface area contributed by atoms with Gasteiger partial charge in [0.2, 0.25) is 5.91 Å². The summed E-state index contributed by atoms with van der Waals surface area (Å²) in [6.07, 6.45) is 0.747. The van der Waals surface area contributed by atoms with E-state index >= 15 is 0 Å². The fraction of sp³-hybridized carbons (Fsp3) is 0.667. The number of rotatable bonds is 4. The largest absolute Gasteiger partial charge is 0.355 e. The van der Waals surface area contributed by atoms with Crippen LogP contribution in [-0.4, -0.2) is 27.2 Å². The fourth-order valence-electron chi connectivity index (χ4n) is 1.43. The molecule has 0 aliphatic rings. The van der Waals surface area contributed by atoms with E-state index in [1.807, 2.05) is 20.8 Å². The average molecular weight is 228 g/mol. The number of hydrogen-bond donors (Lipinski definition) is 2. The lowest BCUT2D eigenvalue weighted by Gasteiger charge is -2.14. The van der Waals surface area contributed by atoms with Gasteiger partial charge in [0.15, 0.2) is 4.77 Å². The Morgan fingerprint density at radius 3 is 2.87 bits per heavy atom. The number of carbonyl (C=O) groups is 1. The molecule has 0 saturated carbocycles. The lowest BCUT2D eigenvalue weighted by molar-refractivity contribution is -0.123. The van der Waals surface area contributed by atoms with Crippen molar-refractivity contribution < 1.29 is 4.79 Å². The second kappa shape index (κ2) is 5.06. The highest BCUT2D eigenvalue weighted by molar-refractivity contribution is 7.71. The van der Waals surface area contributed by atoms with Crippen LogP contribution in [0.3, 0.4) is 0 Å². The number of aromatic nitrogens is 3. The van der Waals surface area contributed by atoms with Gasteiger partial charge in [-0.15, -0.1) is 0 Å². The Hall–Kier alpha value is -1.17. The zero-order valence-electron chi connectivity index (χ0n) is 9.20. The van der Waals surface area contributed by atoms with Crippen molar-refractivity contribution >= 4 is 18.1 Å². The van der Waals surface area contributed by atoms with E-state index in [1.54, 1.807) is 4.57 Å². The average Bonchev–Trinajstić information content (AvgIpc) is 2.58. The molecule has 84 valence electrons. The first-order valence-electron chi connectivity index (χ1n) is 5.05. The number of carbonyl (C=O) groups excluding carboxylic acids is 1. The summed E-state index contributed by atoms with van der Waals surface area (Å²) in [6, 6.07) is -0.314. The van der Waals surface area contributed by atoms with Gasteiger partial charge in [-0.2, -0.15) is 5.10 Å². The van der Waals surface area contributed by atoms with Crippen LogP contribution in [0.1, 0.15) is 32.6 Å². The van der Waals surface area contributed by atoms with E-state index in [9.17, 15) is 4.79 Å². The third-order valence-electron chi connectivity index (χ3n) is 2.21. The maximum Gasteiger partial charge on any atom is 0.242 e. The lowest BCUT2D eigenvalue weighted by Crippen LogP contribution is -2.31. The van der Waals surface area contributed by atoms with E-state index in [1.165, 1.54) is 0 Å². The first-order chi connectivity index (χ1) is 7.11. The normalized spacial score (nSPS) is 12.5. The smallest absolute Gasteiger partial charge is 0.242 e. The first-order valence-corrected chi connectivity index (χ1v) is 5.46. The molecule has 1 heterocycles. The van der Waals surface area contributed by atoms with Crippen molar-refractivity contribution in [2.75, 3.05) is 6.54 Å². The Labute approximate surface area is 93.9 Å². The Balaban J connectivity index is 2.99. The standard InChI is InChI=1S/C9H16N4OS/c1-4-7-11-12-9(15)13(7)6(3)8(14)10-5-2/h6H,4-5H2,1-3H3,(H,10,14)(H,12,15). The maximum absolute atomic E-state index is 11.6. The molecule has 1 amide bonds. The predicted octanol–water partition coefficient (Wildman–Crippen LogP) is 1.20. The molecule has 0 aromatic carbocycles. The number of aryl methyl sites for hydroxylation is 1. The molecule has 0 spiro atoms. The molecule has 5 nitrogen and oxygen atoms in total. The fourth-order valence-corrected chi connectivity index (χ4v) is 1.73. The van der Waals surface area contributed by atoms with Crippen molar-refractivity contribution in [1.82, 2.24) is 20.1 Å². The Morgan fingerprint density at radius 1 is 1.67 bits per heavy atom. The lowest BCUT2D eigenvalue weighted by atomic mass is 10.3. The molecule has 0 bridgehead atoms. The van der Waals surface area contributed by atoms with E-state index in [0.29, 0.717) is 11.3 Å². The molecule has 2 N–H and O–H groups in total. The number of hydrogen-bond acceptors (Lipinski definition) is 3. The van der Waals surface area contributed by atoms with E-state index in [0.717, 1.165) is 12.2 Å². The molecular weight excluding hydrogens is 212 g/mol. The molecule has 0 aliphatic heterocycles. The molecule has 6 heteroatoms. The van der Waals surface area contributed by atoms with Crippen LogP contribution in [0.25, 0.3) is 0 Å². The highest BCUT2D eigenvalue weighted by Crippen LogP contribution is 2.10. The third kappa shape index (κ3) is 2.44. The monoisotopic (exact) mass is 228 g/mol. The first kappa shape index (κ1) is 11.9. The Kier molecular flexibility index (Phi) is 4.02. The third-order valence-corrected chi connectivity index (χ3v) is 2.50.